The predicted octanol–water partition coefficient (Wildman–Crippen LogP) is 2.69. The topological polar surface area (TPSA) is 56.3 Å². The predicted molar refractivity (Wildman–Crippen MR) is 79.1 cm³/mol. The van der Waals surface area contributed by atoms with Crippen LogP contribution in [0.15, 0.2) is 59.5 Å². The van der Waals surface area contributed by atoms with Gasteiger partial charge in [-0.1, -0.05) is 30.3 Å². The Morgan fingerprint density at radius 2 is 1.71 bits per heavy atom. The van der Waals surface area contributed by atoms with E-state index in [1.165, 1.54) is 12.1 Å². The van der Waals surface area contributed by atoms with Crippen molar-refractivity contribution in [2.24, 2.45) is 0 Å². The average molecular weight is 297 g/mol. The summed E-state index contributed by atoms with van der Waals surface area (Å²) in [5.41, 5.74) is 1.05. The molecule has 0 spiro atoms. The van der Waals surface area contributed by atoms with Gasteiger partial charge in [0.05, 0.1) is 15.9 Å². The lowest BCUT2D eigenvalue weighted by molar-refractivity contribution is 0.587. The second-order valence-electron chi connectivity index (χ2n) is 4.42. The molecule has 0 saturated heterocycles. The van der Waals surface area contributed by atoms with Crippen LogP contribution < -0.4 is 0 Å². The molecule has 2 aromatic carbocycles. The quantitative estimate of drug-likeness (QED) is 0.698. The zero-order chi connectivity index (χ0) is 14.9. The number of nitrogens with zero attached hydrogens (tertiary/aromatic N) is 3. The summed E-state index contributed by atoms with van der Waals surface area (Å²) in [5.74, 6) is 0.232. The second kappa shape index (κ2) is 5.04. The van der Waals surface area contributed by atoms with Crippen molar-refractivity contribution in [1.82, 2.24) is 8.96 Å². The summed E-state index contributed by atoms with van der Waals surface area (Å²) >= 11 is 0. The van der Waals surface area contributed by atoms with Crippen molar-refractivity contribution in [1.29, 1.82) is 0 Å². The zero-order valence-electron chi connectivity index (χ0n) is 11.0. The maximum Gasteiger partial charge on any atom is 0.272 e. The van der Waals surface area contributed by atoms with Crippen molar-refractivity contribution in [2.75, 3.05) is 0 Å². The maximum atomic E-state index is 12.8. The lowest BCUT2D eigenvalue weighted by Gasteiger charge is -2.08. The van der Waals surface area contributed by atoms with Crippen LogP contribution in [0.4, 0.5) is 0 Å². The number of aromatic nitrogens is 2. The summed E-state index contributed by atoms with van der Waals surface area (Å²) < 4.78 is 26.8. The fraction of sp³-hybridized carbons (Fsp3) is 0.0667. The molecule has 0 saturated carbocycles. The Kier molecular flexibility index (Phi) is 3.20. The summed E-state index contributed by atoms with van der Waals surface area (Å²) in [6, 6.07) is 15.1. The molecule has 3 aromatic rings. The zero-order valence-corrected chi connectivity index (χ0v) is 11.8. The summed E-state index contributed by atoms with van der Waals surface area (Å²) in [6.07, 6.45) is 0. The highest BCUT2D eigenvalue weighted by Gasteiger charge is 2.24. The van der Waals surface area contributed by atoms with Gasteiger partial charge >= 0.3 is 0 Å². The number of rotatable bonds is 3. The monoisotopic (exact) mass is 297 g/mol. The Labute approximate surface area is 122 Å². The van der Waals surface area contributed by atoms with Crippen molar-refractivity contribution in [3.8, 4) is 0 Å². The van der Waals surface area contributed by atoms with Gasteiger partial charge in [-0.25, -0.2) is 23.9 Å². The molecule has 0 aliphatic carbocycles. The Balaban J connectivity index is 2.34. The summed E-state index contributed by atoms with van der Waals surface area (Å²) in [5, 5.41) is 0. The van der Waals surface area contributed by atoms with Crippen molar-refractivity contribution in [2.45, 2.75) is 11.4 Å². The van der Waals surface area contributed by atoms with E-state index >= 15 is 0 Å². The second-order valence-corrected chi connectivity index (χ2v) is 6.20. The minimum Gasteiger partial charge on any atom is -0.308 e. The standard InChI is InChI=1S/C15H11N3O2S/c1-16-11-15-17-13-9-5-6-10-14(13)18(15)21(19,20)12-7-3-2-4-8-12/h2-10H,11H2. The van der Waals surface area contributed by atoms with Crippen molar-refractivity contribution in [3.63, 3.8) is 0 Å². The Morgan fingerprint density at radius 1 is 1.05 bits per heavy atom. The molecule has 5 nitrogen and oxygen atoms in total. The van der Waals surface area contributed by atoms with E-state index in [1.54, 1.807) is 42.5 Å². The molecule has 0 amide bonds. The minimum absolute atomic E-state index is 0.0826. The molecule has 0 N–H and O–H groups in total. The first-order chi connectivity index (χ1) is 10.1. The number of benzene rings is 2. The van der Waals surface area contributed by atoms with Crippen molar-refractivity contribution in [3.05, 3.63) is 71.8 Å². The number of hydrogen-bond donors (Lipinski definition) is 0. The van der Waals surface area contributed by atoms with Gasteiger partial charge in [-0.05, 0) is 24.3 Å². The third-order valence-electron chi connectivity index (χ3n) is 3.09. The van der Waals surface area contributed by atoms with Gasteiger partial charge in [0.2, 0.25) is 5.82 Å². The van der Waals surface area contributed by atoms with Crippen LogP contribution in [0.3, 0.4) is 0 Å². The number of imidazole rings is 1. The highest BCUT2D eigenvalue weighted by atomic mass is 32.2. The third-order valence-corrected chi connectivity index (χ3v) is 4.84. The lowest BCUT2D eigenvalue weighted by atomic mass is 10.3. The molecule has 104 valence electrons. The van der Waals surface area contributed by atoms with Crippen LogP contribution in [0, 0.1) is 6.57 Å². The van der Waals surface area contributed by atoms with Gasteiger partial charge in [0.25, 0.3) is 16.6 Å². The molecule has 0 bridgehead atoms. The average Bonchev–Trinajstić information content (AvgIpc) is 2.87. The molecular formula is C15H11N3O2S. The van der Waals surface area contributed by atoms with E-state index in [0.29, 0.717) is 11.0 Å². The molecule has 21 heavy (non-hydrogen) atoms. The fourth-order valence-corrected chi connectivity index (χ4v) is 3.69. The van der Waals surface area contributed by atoms with E-state index in [-0.39, 0.29) is 17.3 Å². The molecule has 0 unspecified atom stereocenters. The van der Waals surface area contributed by atoms with Gasteiger partial charge in [0.15, 0.2) is 0 Å². The molecule has 0 aliphatic heterocycles. The van der Waals surface area contributed by atoms with Crippen molar-refractivity contribution >= 4 is 21.1 Å². The van der Waals surface area contributed by atoms with E-state index in [0.717, 1.165) is 3.97 Å². The molecule has 1 aromatic heterocycles. The van der Waals surface area contributed by atoms with Crippen LogP contribution >= 0.6 is 0 Å². The minimum atomic E-state index is -3.76. The van der Waals surface area contributed by atoms with Gasteiger partial charge in [0, 0.05) is 0 Å². The third kappa shape index (κ3) is 2.18. The van der Waals surface area contributed by atoms with E-state index in [1.807, 2.05) is 0 Å². The normalized spacial score (nSPS) is 11.4. The van der Waals surface area contributed by atoms with E-state index in [2.05, 4.69) is 9.83 Å². The van der Waals surface area contributed by atoms with E-state index < -0.39 is 10.0 Å². The SMILES string of the molecule is [C-]#[N+]Cc1nc2ccccc2n1S(=O)(=O)c1ccccc1. The fourth-order valence-electron chi connectivity index (χ4n) is 2.19. The summed E-state index contributed by atoms with van der Waals surface area (Å²) in [7, 11) is -3.76. The molecule has 6 heteroatoms. The van der Waals surface area contributed by atoms with E-state index in [9.17, 15) is 8.42 Å². The van der Waals surface area contributed by atoms with Gasteiger partial charge < -0.3 is 4.85 Å². The molecule has 0 fully saturated rings. The highest BCUT2D eigenvalue weighted by molar-refractivity contribution is 7.90. The molecule has 1 heterocycles. The van der Waals surface area contributed by atoms with E-state index in [4.69, 9.17) is 6.57 Å². The Morgan fingerprint density at radius 3 is 2.43 bits per heavy atom. The first kappa shape index (κ1) is 13.3. The first-order valence-corrected chi connectivity index (χ1v) is 7.69. The summed E-state index contributed by atoms with van der Waals surface area (Å²) in [4.78, 5) is 7.72. The first-order valence-electron chi connectivity index (χ1n) is 6.25. The molecular weight excluding hydrogens is 286 g/mol. The highest BCUT2D eigenvalue weighted by Crippen LogP contribution is 2.23. The van der Waals surface area contributed by atoms with Crippen LogP contribution in [-0.2, 0) is 16.6 Å². The number of hydrogen-bond acceptors (Lipinski definition) is 3. The van der Waals surface area contributed by atoms with Gasteiger partial charge in [-0.2, -0.15) is 0 Å². The van der Waals surface area contributed by atoms with Gasteiger partial charge in [0.1, 0.15) is 0 Å². The summed E-state index contributed by atoms with van der Waals surface area (Å²) in [6.45, 7) is 6.91. The number of fused-ring (bicyclic) bond motifs is 1. The molecule has 3 rings (SSSR count). The van der Waals surface area contributed by atoms with Crippen LogP contribution in [0.1, 0.15) is 5.82 Å². The Hall–Kier alpha value is -2.65. The van der Waals surface area contributed by atoms with Crippen LogP contribution in [0.5, 0.6) is 0 Å². The van der Waals surface area contributed by atoms with Crippen LogP contribution in [-0.4, -0.2) is 17.4 Å². The number of para-hydroxylation sites is 2. The van der Waals surface area contributed by atoms with Gasteiger partial charge in [-0.15, -0.1) is 0 Å². The van der Waals surface area contributed by atoms with Crippen LogP contribution in [0.25, 0.3) is 15.9 Å². The smallest absolute Gasteiger partial charge is 0.272 e. The maximum absolute atomic E-state index is 12.8. The molecule has 0 atom stereocenters. The molecule has 0 radical (unpaired) electrons. The lowest BCUT2D eigenvalue weighted by Crippen LogP contribution is -2.15. The largest absolute Gasteiger partial charge is 0.308 e. The van der Waals surface area contributed by atoms with Crippen LogP contribution in [0.2, 0.25) is 0 Å². The van der Waals surface area contributed by atoms with Gasteiger partial charge in [-0.3, -0.25) is 0 Å². The molecule has 0 aliphatic rings. The Bertz CT molecular complexity index is 938. The van der Waals surface area contributed by atoms with Crippen molar-refractivity contribution < 1.29 is 8.42 Å².